The van der Waals surface area contributed by atoms with Gasteiger partial charge >= 0.3 is 11.4 Å². The summed E-state index contributed by atoms with van der Waals surface area (Å²) in [4.78, 5) is 21.8. The molecule has 2 aromatic heterocycles. The number of hydrogen-bond acceptors (Lipinski definition) is 12. The Balaban J connectivity index is 0.000000203. The third kappa shape index (κ3) is 9.88. The fourth-order valence-corrected chi connectivity index (χ4v) is 6.54. The molecule has 0 fully saturated rings. The Kier molecular flexibility index (Phi) is 11.4. The molecule has 5 rings (SSSR count). The van der Waals surface area contributed by atoms with Crippen molar-refractivity contribution in [3.63, 3.8) is 0 Å². The highest BCUT2D eigenvalue weighted by atomic mass is 32.2. The predicted octanol–water partition coefficient (Wildman–Crippen LogP) is 0.788. The fraction of sp³-hybridized carbons (Fsp3) is 0.0769. The Morgan fingerprint density at radius 1 is 0.556 bits per heavy atom. The summed E-state index contributed by atoms with van der Waals surface area (Å²) in [7, 11) is -8.16. The maximum atomic E-state index is 12.0. The summed E-state index contributed by atoms with van der Waals surface area (Å²) < 4.78 is 74.5. The maximum absolute atomic E-state index is 12.0. The molecular formula is C26H26N8O8S3. The lowest BCUT2D eigenvalue weighted by molar-refractivity contribution is 0.600. The van der Waals surface area contributed by atoms with E-state index in [1.807, 2.05) is 0 Å². The van der Waals surface area contributed by atoms with Gasteiger partial charge < -0.3 is 0 Å². The standard InChI is InChI=1S/C14H12O4S2.C10H10N4O3S.C2H4N4O/c15-19(16,13-7-3-1-4-8-13)11-12-20(17,18)14-9-5-2-6-10-14;1-13-10(15)14(12-11-13)7-8-18(16,17)9-5-3-2-4-6-9;1-6-2(7)3-4-5-6/h1-12H;2-8H,1H3;1H3,(H,3,5,7)/b12-11+;8-7+;. The summed E-state index contributed by atoms with van der Waals surface area (Å²) in [6, 6.07) is 23.2. The van der Waals surface area contributed by atoms with Crippen molar-refractivity contribution in [2.24, 2.45) is 14.1 Å². The molecule has 0 amide bonds. The molecule has 0 bridgehead atoms. The lowest BCUT2D eigenvalue weighted by atomic mass is 10.4. The molecule has 0 saturated heterocycles. The summed E-state index contributed by atoms with van der Waals surface area (Å²) in [5, 5.41) is 17.9. The van der Waals surface area contributed by atoms with E-state index in [9.17, 15) is 34.8 Å². The molecule has 0 atom stereocenters. The van der Waals surface area contributed by atoms with Crippen LogP contribution >= 0.6 is 0 Å². The SMILES string of the molecule is Cn1nn[nH]c1=O.Cn1nnn(/C=C/S(=O)(=O)c2ccccc2)c1=O.O=S(=O)(/C=C/S(=O)(=O)c1ccccc1)c1ccccc1. The molecule has 5 aromatic rings. The van der Waals surface area contributed by atoms with Crippen LogP contribution in [0.25, 0.3) is 6.20 Å². The molecule has 0 unspecified atom stereocenters. The minimum atomic E-state index is -3.76. The first-order chi connectivity index (χ1) is 21.2. The number of hydrogen-bond donors (Lipinski definition) is 1. The Morgan fingerprint density at radius 2 is 0.956 bits per heavy atom. The van der Waals surface area contributed by atoms with E-state index in [-0.39, 0.29) is 20.4 Å². The minimum absolute atomic E-state index is 0.0551. The summed E-state index contributed by atoms with van der Waals surface area (Å²) in [5.41, 5.74) is -0.811. The quantitative estimate of drug-likeness (QED) is 0.253. The number of aromatic amines is 1. The van der Waals surface area contributed by atoms with Crippen molar-refractivity contribution in [1.82, 2.24) is 40.0 Å². The van der Waals surface area contributed by atoms with Crippen molar-refractivity contribution in [3.05, 3.63) is 128 Å². The van der Waals surface area contributed by atoms with Gasteiger partial charge in [-0.05, 0) is 57.3 Å². The zero-order valence-corrected chi connectivity index (χ0v) is 26.0. The van der Waals surface area contributed by atoms with E-state index < -0.39 is 35.2 Å². The van der Waals surface area contributed by atoms with Gasteiger partial charge in [-0.15, -0.1) is 0 Å². The van der Waals surface area contributed by atoms with Crippen molar-refractivity contribution >= 4 is 35.7 Å². The van der Waals surface area contributed by atoms with Gasteiger partial charge in [0.2, 0.25) is 29.5 Å². The van der Waals surface area contributed by atoms with E-state index in [1.165, 1.54) is 50.5 Å². The summed E-state index contributed by atoms with van der Waals surface area (Å²) in [5.74, 6) is 0. The first kappa shape index (κ1) is 34.2. The number of aromatic nitrogens is 8. The van der Waals surface area contributed by atoms with Crippen molar-refractivity contribution < 1.29 is 25.3 Å². The highest BCUT2D eigenvalue weighted by Gasteiger charge is 2.14. The van der Waals surface area contributed by atoms with Gasteiger partial charge in [0.05, 0.1) is 20.1 Å². The predicted molar refractivity (Wildman–Crippen MR) is 162 cm³/mol. The number of tetrazole rings is 2. The Morgan fingerprint density at radius 3 is 1.24 bits per heavy atom. The van der Waals surface area contributed by atoms with Gasteiger partial charge in [-0.25, -0.2) is 39.9 Å². The zero-order chi connectivity index (χ0) is 33.1. The maximum Gasteiger partial charge on any atom is 0.367 e. The summed E-state index contributed by atoms with van der Waals surface area (Å²) in [6.45, 7) is 0. The smallest absolute Gasteiger partial charge is 0.245 e. The topological polar surface area (TPSA) is 219 Å². The van der Waals surface area contributed by atoms with Crippen LogP contribution < -0.4 is 11.4 Å². The van der Waals surface area contributed by atoms with Crippen molar-refractivity contribution in [1.29, 1.82) is 0 Å². The molecule has 45 heavy (non-hydrogen) atoms. The minimum Gasteiger partial charge on any atom is -0.245 e. The number of aryl methyl sites for hydroxylation is 2. The van der Waals surface area contributed by atoms with Gasteiger partial charge in [0, 0.05) is 31.1 Å². The molecule has 0 spiro atoms. The van der Waals surface area contributed by atoms with Crippen LogP contribution in [-0.2, 0) is 43.6 Å². The van der Waals surface area contributed by atoms with Crippen molar-refractivity contribution in [3.8, 4) is 0 Å². The van der Waals surface area contributed by atoms with E-state index in [4.69, 9.17) is 0 Å². The molecule has 0 aliphatic carbocycles. The second-order valence-electron chi connectivity index (χ2n) is 8.59. The molecule has 236 valence electrons. The van der Waals surface area contributed by atoms with Gasteiger partial charge in [0.25, 0.3) is 0 Å². The monoisotopic (exact) mass is 674 g/mol. The molecule has 0 saturated carbocycles. The van der Waals surface area contributed by atoms with Crippen LogP contribution in [0.2, 0.25) is 0 Å². The van der Waals surface area contributed by atoms with Crippen LogP contribution in [0.3, 0.4) is 0 Å². The average Bonchev–Trinajstić information content (AvgIpc) is 3.58. The molecule has 0 aliphatic rings. The number of rotatable bonds is 7. The lowest BCUT2D eigenvalue weighted by Gasteiger charge is -2.00. The van der Waals surface area contributed by atoms with Gasteiger partial charge in [-0.3, -0.25) is 0 Å². The number of nitrogens with one attached hydrogen (secondary N) is 1. The molecule has 0 aliphatic heterocycles. The van der Waals surface area contributed by atoms with Crippen LogP contribution in [0.1, 0.15) is 0 Å². The number of benzene rings is 3. The Hall–Kier alpha value is -5.27. The van der Waals surface area contributed by atoms with E-state index in [2.05, 4.69) is 26.0 Å². The van der Waals surface area contributed by atoms with Crippen LogP contribution in [0.15, 0.2) is 131 Å². The molecule has 3 aromatic carbocycles. The first-order valence-corrected chi connectivity index (χ1v) is 17.1. The summed E-state index contributed by atoms with van der Waals surface area (Å²) in [6.07, 6.45) is 1.07. The van der Waals surface area contributed by atoms with Crippen molar-refractivity contribution in [2.45, 2.75) is 14.7 Å². The molecule has 1 N–H and O–H groups in total. The number of nitrogens with zero attached hydrogens (tertiary/aromatic N) is 7. The van der Waals surface area contributed by atoms with Gasteiger partial charge in [-0.1, -0.05) is 54.6 Å². The first-order valence-electron chi connectivity index (χ1n) is 12.4. The van der Waals surface area contributed by atoms with E-state index in [0.717, 1.165) is 25.7 Å². The molecule has 16 nitrogen and oxygen atoms in total. The molecule has 2 heterocycles. The van der Waals surface area contributed by atoms with Crippen LogP contribution in [0.4, 0.5) is 0 Å². The number of H-pyrrole nitrogens is 1. The normalized spacial score (nSPS) is 11.9. The van der Waals surface area contributed by atoms with Crippen LogP contribution in [-0.4, -0.2) is 65.3 Å². The van der Waals surface area contributed by atoms with E-state index in [1.54, 1.807) is 54.6 Å². The van der Waals surface area contributed by atoms with E-state index >= 15 is 0 Å². The molecule has 0 radical (unpaired) electrons. The third-order valence-corrected chi connectivity index (χ3v) is 9.80. The van der Waals surface area contributed by atoms with Crippen LogP contribution in [0.5, 0.6) is 0 Å². The fourth-order valence-electron chi connectivity index (χ4n) is 3.02. The molecular weight excluding hydrogens is 649 g/mol. The Bertz CT molecular complexity index is 2140. The largest absolute Gasteiger partial charge is 0.367 e. The average molecular weight is 675 g/mol. The van der Waals surface area contributed by atoms with Gasteiger partial charge in [0.1, 0.15) is 0 Å². The van der Waals surface area contributed by atoms with Gasteiger partial charge in [-0.2, -0.15) is 14.0 Å². The number of sulfone groups is 3. The molecule has 19 heteroatoms. The van der Waals surface area contributed by atoms with E-state index in [0.29, 0.717) is 10.8 Å². The zero-order valence-electron chi connectivity index (χ0n) is 23.6. The second-order valence-corrected chi connectivity index (χ2v) is 14.1. The van der Waals surface area contributed by atoms with Crippen LogP contribution in [0, 0.1) is 0 Å². The highest BCUT2D eigenvalue weighted by molar-refractivity contribution is 7.97. The Labute approximate surface area is 257 Å². The highest BCUT2D eigenvalue weighted by Crippen LogP contribution is 2.16. The third-order valence-electron chi connectivity index (χ3n) is 5.37. The summed E-state index contributed by atoms with van der Waals surface area (Å²) >= 11 is 0. The van der Waals surface area contributed by atoms with Crippen molar-refractivity contribution in [2.75, 3.05) is 0 Å². The van der Waals surface area contributed by atoms with Gasteiger partial charge in [0.15, 0.2) is 0 Å². The second kappa shape index (κ2) is 14.9. The lowest BCUT2D eigenvalue weighted by Crippen LogP contribution is -2.19.